The van der Waals surface area contributed by atoms with Crippen molar-refractivity contribution in [2.75, 3.05) is 77.7 Å². The molecule has 40 N–H and O–H groups in total. The number of hydrogen-bond donors (Lipinski definition) is 26. The van der Waals surface area contributed by atoms with Gasteiger partial charge in [0.25, 0.3) is 0 Å². The predicted molar refractivity (Wildman–Crippen MR) is 422 cm³/mol. The topological polar surface area (TPSA) is 793 Å². The molecule has 110 heavy (non-hydrogen) atoms. The highest BCUT2D eigenvalue weighted by atomic mass is 32.1. The van der Waals surface area contributed by atoms with E-state index in [0.29, 0.717) is 51.4 Å². The van der Waals surface area contributed by atoms with Crippen molar-refractivity contribution in [2.45, 2.75) is 221 Å². The SMILES string of the molecule is NCCCC[C@@H]1NC(=O)[C@H](CCCN=C(N)N)NC(=O)CCCCC(=O)NCCCCCCN(CC(=O)N[C@@H](CCCN=C(N)N)C(=O)N[C@@H](CCCN=C(N)N)C(=O)N[C@@H](CCCN=C(N)N)C(=O)N[C@@H](CS)C(N)=O)C(=O)[C@H](CCCN=C(N)N)NC(=O)[C@H](CCCN=C(N)N)NC(=O)[C@H](CCCCN)NC1=O. The Hall–Kier alpha value is -10.5. The van der Waals surface area contributed by atoms with Gasteiger partial charge in [-0.2, -0.15) is 12.6 Å². The van der Waals surface area contributed by atoms with Gasteiger partial charge in [-0.3, -0.25) is 87.5 Å². The first-order valence-corrected chi connectivity index (χ1v) is 37.8. The average molecular weight is 1580 g/mol. The molecule has 1 aliphatic rings. The van der Waals surface area contributed by atoms with Crippen molar-refractivity contribution in [2.24, 2.45) is 116 Å². The molecule has 0 aromatic rings. The lowest BCUT2D eigenvalue weighted by atomic mass is 10.0. The highest BCUT2D eigenvalue weighted by Gasteiger charge is 2.36. The van der Waals surface area contributed by atoms with Gasteiger partial charge in [-0.1, -0.05) is 12.8 Å². The van der Waals surface area contributed by atoms with Crippen LogP contribution in [-0.4, -0.2) is 244 Å². The van der Waals surface area contributed by atoms with Gasteiger partial charge in [0.2, 0.25) is 70.9 Å². The number of nitrogens with zero attached hydrogens (tertiary/aromatic N) is 7. The Morgan fingerprint density at radius 3 is 1.09 bits per heavy atom. The van der Waals surface area contributed by atoms with E-state index in [1.54, 1.807) is 0 Å². The number of primary amides is 1. The van der Waals surface area contributed by atoms with Crippen molar-refractivity contribution in [3.63, 3.8) is 0 Å². The lowest BCUT2D eigenvalue weighted by molar-refractivity contribution is -0.141. The largest absolute Gasteiger partial charge is 0.370 e. The summed E-state index contributed by atoms with van der Waals surface area (Å²) in [4.78, 5) is 196. The van der Waals surface area contributed by atoms with Crippen LogP contribution in [0, 0.1) is 0 Å². The summed E-state index contributed by atoms with van der Waals surface area (Å²) in [5.41, 5.74) is 84.5. The summed E-state index contributed by atoms with van der Waals surface area (Å²) in [6.07, 6.45) is 3.59. The maximum Gasteiger partial charge on any atom is 0.245 e. The van der Waals surface area contributed by atoms with E-state index in [2.05, 4.69) is 95.8 Å². The number of guanidine groups is 6. The van der Waals surface area contributed by atoms with Crippen molar-refractivity contribution in [1.82, 2.24) is 58.1 Å². The lowest BCUT2D eigenvalue weighted by Gasteiger charge is -2.30. The van der Waals surface area contributed by atoms with Gasteiger partial charge in [0.15, 0.2) is 35.8 Å². The fraction of sp³-hybridized carbons (Fsp3) is 0.723. The number of aliphatic imine (C=N–C) groups is 6. The number of amides is 12. The zero-order valence-corrected chi connectivity index (χ0v) is 64.1. The van der Waals surface area contributed by atoms with Crippen LogP contribution in [0.5, 0.6) is 0 Å². The minimum absolute atomic E-state index is 0.0213. The molecule has 0 saturated carbocycles. The van der Waals surface area contributed by atoms with Crippen molar-refractivity contribution < 1.29 is 57.5 Å². The van der Waals surface area contributed by atoms with Crippen LogP contribution in [0.25, 0.3) is 0 Å². The van der Waals surface area contributed by atoms with Crippen LogP contribution in [-0.2, 0) is 57.5 Å². The van der Waals surface area contributed by atoms with E-state index < -0.39 is 126 Å². The maximum absolute atomic E-state index is 15.5. The first-order valence-electron chi connectivity index (χ1n) is 37.2. The number of carbonyl (C=O) groups excluding carboxylic acids is 12. The Morgan fingerprint density at radius 2 is 0.718 bits per heavy atom. The molecule has 1 fully saturated rings. The van der Waals surface area contributed by atoms with Crippen LogP contribution in [0.1, 0.15) is 167 Å². The van der Waals surface area contributed by atoms with Crippen LogP contribution in [0.4, 0.5) is 0 Å². The number of nitrogens with one attached hydrogen (secondary N) is 10. The molecular weight excluding hydrogens is 1450 g/mol. The molecule has 0 bridgehead atoms. The Bertz CT molecular complexity index is 3060. The van der Waals surface area contributed by atoms with Crippen molar-refractivity contribution in [3.8, 4) is 0 Å². The standard InChI is InChI=1S/C65H126N32O12S/c66-27-7-5-17-41-54(104)91-42(18-6-8-28-67)55(105)93-44(22-14-33-85-63(75)76)57(107)95-46(24-16-35-87-65(79)80)59(109)97(36-10-2-1-9-29-81-48(98)25-3-4-26-49(99)88-39(52(102)90-41)19-11-30-82-60(69)70)37-50(100)89-40(20-12-31-83-61(71)72)53(103)92-43(21-13-32-84-62(73)74)56(106)94-45(23-15-34-86-64(77)78)58(108)96-47(38-110)51(68)101/h39-47,110H,1-38,66-67H2,(H2,68,101)(H,81,98)(H,88,99)(H,89,100)(H,90,102)(H,91,104)(H,92,103)(H,93,105)(H,94,106)(H,95,107)(H,96,108)(H4,69,70,82)(H4,71,72,83)(H4,73,74,84)(H4,75,76,85)(H4,77,78,86)(H4,79,80,87)/t39-,40-,41-,42-,43-,44-,45-,46-,47-/m0/s1. The Labute approximate surface area is 647 Å². The summed E-state index contributed by atoms with van der Waals surface area (Å²) in [6, 6.07) is -12.4. The molecule has 44 nitrogen and oxygen atoms in total. The molecule has 1 heterocycles. The van der Waals surface area contributed by atoms with Crippen LogP contribution in [0.15, 0.2) is 30.0 Å². The van der Waals surface area contributed by atoms with Gasteiger partial charge in [0.05, 0.1) is 6.54 Å². The monoisotopic (exact) mass is 1580 g/mol. The molecule has 0 radical (unpaired) electrons. The third-order valence-corrected chi connectivity index (χ3v) is 17.2. The summed E-state index contributed by atoms with van der Waals surface area (Å²) >= 11 is 4.11. The fourth-order valence-electron chi connectivity index (χ4n) is 11.1. The lowest BCUT2D eigenvalue weighted by Crippen LogP contribution is -2.60. The van der Waals surface area contributed by atoms with Gasteiger partial charge in [-0.25, -0.2) is 0 Å². The molecule has 1 rings (SSSR count). The molecule has 1 aliphatic heterocycles. The second-order valence-corrected chi connectivity index (χ2v) is 26.6. The van der Waals surface area contributed by atoms with Crippen molar-refractivity contribution >= 4 is 119 Å². The second kappa shape index (κ2) is 57.6. The molecule has 12 amide bonds. The zero-order chi connectivity index (χ0) is 82.3. The molecule has 45 heteroatoms. The van der Waals surface area contributed by atoms with Gasteiger partial charge < -0.3 is 144 Å². The summed E-state index contributed by atoms with van der Waals surface area (Å²) in [7, 11) is 0. The van der Waals surface area contributed by atoms with E-state index in [1.807, 2.05) is 0 Å². The minimum atomic E-state index is -1.50. The molecule has 9 atom stereocenters. The number of carbonyl (C=O) groups is 12. The first kappa shape index (κ1) is 97.5. The predicted octanol–water partition coefficient (Wildman–Crippen LogP) is -9.58. The quantitative estimate of drug-likeness (QED) is 0.0117. The minimum Gasteiger partial charge on any atom is -0.370 e. The second-order valence-electron chi connectivity index (χ2n) is 26.2. The van der Waals surface area contributed by atoms with Gasteiger partial charge >= 0.3 is 0 Å². The highest BCUT2D eigenvalue weighted by Crippen LogP contribution is 2.15. The fourth-order valence-corrected chi connectivity index (χ4v) is 11.4. The summed E-state index contributed by atoms with van der Waals surface area (Å²) in [6.45, 7) is -0.229. The zero-order valence-electron chi connectivity index (χ0n) is 63.2. The van der Waals surface area contributed by atoms with Gasteiger partial charge in [0.1, 0.15) is 54.4 Å². The van der Waals surface area contributed by atoms with Gasteiger partial charge in [-0.05, 0) is 154 Å². The number of thiol groups is 1. The van der Waals surface area contributed by atoms with E-state index in [1.165, 1.54) is 0 Å². The smallest absolute Gasteiger partial charge is 0.245 e. The normalized spacial score (nSPS) is 18.7. The van der Waals surface area contributed by atoms with E-state index >= 15 is 9.59 Å². The van der Waals surface area contributed by atoms with E-state index in [4.69, 9.17) is 86.0 Å². The summed E-state index contributed by atoms with van der Waals surface area (Å²) in [5.74, 6) is -11.1. The Morgan fingerprint density at radius 1 is 0.391 bits per heavy atom. The van der Waals surface area contributed by atoms with Gasteiger partial charge in [-0.15, -0.1) is 0 Å². The number of rotatable bonds is 43. The molecule has 0 spiro atoms. The van der Waals surface area contributed by atoms with Crippen LogP contribution >= 0.6 is 12.6 Å². The molecule has 0 unspecified atom stereocenters. The third-order valence-electron chi connectivity index (χ3n) is 16.9. The maximum atomic E-state index is 15.5. The summed E-state index contributed by atoms with van der Waals surface area (Å²) < 4.78 is 0. The molecule has 624 valence electrons. The highest BCUT2D eigenvalue weighted by molar-refractivity contribution is 7.80. The Kier molecular flexibility index (Phi) is 51.1. The van der Waals surface area contributed by atoms with Crippen LogP contribution in [0.3, 0.4) is 0 Å². The van der Waals surface area contributed by atoms with Gasteiger partial charge in [0, 0.05) is 71.0 Å². The Balaban J connectivity index is 4.23. The number of nitrogens with two attached hydrogens (primary N) is 15. The van der Waals surface area contributed by atoms with Crippen molar-refractivity contribution in [1.29, 1.82) is 0 Å². The number of hydrogen-bond acceptors (Lipinski definition) is 21. The summed E-state index contributed by atoms with van der Waals surface area (Å²) in [5, 5.41) is 27.1. The van der Waals surface area contributed by atoms with Crippen molar-refractivity contribution in [3.05, 3.63) is 0 Å². The van der Waals surface area contributed by atoms with E-state index in [9.17, 15) is 47.9 Å². The number of unbranched alkanes of at least 4 members (excludes halogenated alkanes) is 2. The first-order chi connectivity index (χ1) is 52.3. The van der Waals surface area contributed by atoms with E-state index in [-0.39, 0.29) is 228 Å². The third kappa shape index (κ3) is 46.0. The average Bonchev–Trinajstić information content (AvgIpc) is 0.857. The van der Waals surface area contributed by atoms with E-state index in [0.717, 1.165) is 4.90 Å². The van der Waals surface area contributed by atoms with Crippen LogP contribution < -0.4 is 139 Å². The molecule has 0 aromatic carbocycles. The molecule has 0 aliphatic carbocycles. The molecular formula is C65H126N32O12S. The molecule has 1 saturated heterocycles. The van der Waals surface area contributed by atoms with Crippen LogP contribution in [0.2, 0.25) is 0 Å². The molecule has 0 aromatic heterocycles.